The molecular formula is C15H17FN2O3. The highest BCUT2D eigenvalue weighted by Gasteiger charge is 2.20. The quantitative estimate of drug-likeness (QED) is 0.941. The van der Waals surface area contributed by atoms with Gasteiger partial charge in [0, 0.05) is 0 Å². The van der Waals surface area contributed by atoms with Gasteiger partial charge >= 0.3 is 0 Å². The molecule has 0 saturated heterocycles. The summed E-state index contributed by atoms with van der Waals surface area (Å²) in [7, 11) is 1.40. The van der Waals surface area contributed by atoms with E-state index in [0.29, 0.717) is 22.6 Å². The van der Waals surface area contributed by atoms with E-state index in [2.05, 4.69) is 10.5 Å². The van der Waals surface area contributed by atoms with Gasteiger partial charge in [-0.1, -0.05) is 11.2 Å². The Balaban J connectivity index is 2.16. The molecule has 0 aliphatic rings. The Morgan fingerprint density at radius 2 is 2.14 bits per heavy atom. The van der Waals surface area contributed by atoms with Crippen molar-refractivity contribution in [3.63, 3.8) is 0 Å². The Hall–Kier alpha value is -2.37. The minimum atomic E-state index is -0.464. The average molecular weight is 292 g/mol. The largest absolute Gasteiger partial charge is 0.494 e. The van der Waals surface area contributed by atoms with Crippen LogP contribution in [-0.2, 0) is 0 Å². The first kappa shape index (κ1) is 15.0. The Labute approximate surface area is 122 Å². The lowest BCUT2D eigenvalue weighted by Gasteiger charge is -2.15. The number of nitrogens with one attached hydrogen (secondary N) is 1. The highest BCUT2D eigenvalue weighted by Crippen LogP contribution is 2.22. The number of carbonyl (C=O) groups excluding carboxylic acids is 1. The van der Waals surface area contributed by atoms with E-state index in [1.807, 2.05) is 0 Å². The summed E-state index contributed by atoms with van der Waals surface area (Å²) < 4.78 is 23.5. The normalized spacial score (nSPS) is 12.0. The molecule has 112 valence electrons. The second-order valence-electron chi connectivity index (χ2n) is 4.79. The first-order valence-corrected chi connectivity index (χ1v) is 6.51. The number of methoxy groups -OCH3 is 1. The van der Waals surface area contributed by atoms with Gasteiger partial charge in [0.2, 0.25) is 0 Å². The maximum absolute atomic E-state index is 13.7. The lowest BCUT2D eigenvalue weighted by Crippen LogP contribution is -2.27. The van der Waals surface area contributed by atoms with E-state index in [4.69, 9.17) is 9.26 Å². The maximum Gasteiger partial charge on any atom is 0.257 e. The number of aryl methyl sites for hydroxylation is 2. The molecule has 0 aliphatic carbocycles. The number of hydrogen-bond acceptors (Lipinski definition) is 4. The number of carbonyl (C=O) groups is 1. The molecule has 0 unspecified atom stereocenters. The third kappa shape index (κ3) is 3.04. The minimum Gasteiger partial charge on any atom is -0.494 e. The van der Waals surface area contributed by atoms with Crippen molar-refractivity contribution in [2.75, 3.05) is 7.11 Å². The zero-order valence-electron chi connectivity index (χ0n) is 12.4. The minimum absolute atomic E-state index is 0.169. The number of halogens is 1. The smallest absolute Gasteiger partial charge is 0.257 e. The van der Waals surface area contributed by atoms with Gasteiger partial charge in [-0.25, -0.2) is 4.39 Å². The van der Waals surface area contributed by atoms with Crippen molar-refractivity contribution in [1.82, 2.24) is 10.5 Å². The molecule has 1 atom stereocenters. The first-order chi connectivity index (χ1) is 9.93. The van der Waals surface area contributed by atoms with Crippen LogP contribution in [-0.4, -0.2) is 18.2 Å². The molecule has 1 aromatic carbocycles. The van der Waals surface area contributed by atoms with Crippen molar-refractivity contribution in [2.45, 2.75) is 26.8 Å². The van der Waals surface area contributed by atoms with Crippen LogP contribution in [0.3, 0.4) is 0 Å². The molecule has 2 aromatic rings. The molecule has 0 saturated carbocycles. The fourth-order valence-corrected chi connectivity index (χ4v) is 2.11. The van der Waals surface area contributed by atoms with Crippen LogP contribution in [0.2, 0.25) is 0 Å². The molecule has 0 fully saturated rings. The zero-order valence-corrected chi connectivity index (χ0v) is 12.4. The highest BCUT2D eigenvalue weighted by molar-refractivity contribution is 5.96. The molecule has 0 bridgehead atoms. The molecule has 21 heavy (non-hydrogen) atoms. The average Bonchev–Trinajstić information content (AvgIpc) is 2.77. The fraction of sp³-hybridized carbons (Fsp3) is 0.333. The number of aromatic nitrogens is 1. The van der Waals surface area contributed by atoms with E-state index < -0.39 is 5.82 Å². The van der Waals surface area contributed by atoms with Gasteiger partial charge in [0.05, 0.1) is 18.8 Å². The number of amides is 1. The summed E-state index contributed by atoms with van der Waals surface area (Å²) in [6, 6.07) is 4.23. The SMILES string of the molecule is COc1ccc([C@H](C)NC(=O)c2c(C)noc2C)cc1F. The molecule has 6 heteroatoms. The van der Waals surface area contributed by atoms with Gasteiger partial charge in [0.25, 0.3) is 5.91 Å². The maximum atomic E-state index is 13.7. The van der Waals surface area contributed by atoms with Crippen LogP contribution in [0.15, 0.2) is 22.7 Å². The van der Waals surface area contributed by atoms with Gasteiger partial charge in [-0.05, 0) is 38.5 Å². The summed E-state index contributed by atoms with van der Waals surface area (Å²) in [5.41, 5.74) is 1.59. The van der Waals surface area contributed by atoms with Crippen molar-refractivity contribution in [3.8, 4) is 5.75 Å². The summed E-state index contributed by atoms with van der Waals surface area (Å²) in [5.74, 6) is -0.135. The van der Waals surface area contributed by atoms with Crippen LogP contribution >= 0.6 is 0 Å². The first-order valence-electron chi connectivity index (χ1n) is 6.51. The van der Waals surface area contributed by atoms with Crippen molar-refractivity contribution >= 4 is 5.91 Å². The number of nitrogens with zero attached hydrogens (tertiary/aromatic N) is 1. The van der Waals surface area contributed by atoms with E-state index in [1.54, 1.807) is 26.8 Å². The standard InChI is InChI=1S/C15H17FN2O3/c1-8(11-5-6-13(20-4)12(16)7-11)17-15(19)14-9(2)18-21-10(14)3/h5-8H,1-4H3,(H,17,19)/t8-/m0/s1. The Morgan fingerprint density at radius 1 is 1.43 bits per heavy atom. The predicted octanol–water partition coefficient (Wildman–Crippen LogP) is 2.93. The molecule has 1 heterocycles. The van der Waals surface area contributed by atoms with Gasteiger partial charge in [-0.3, -0.25) is 4.79 Å². The van der Waals surface area contributed by atoms with Crippen LogP contribution < -0.4 is 10.1 Å². The molecule has 0 aliphatic heterocycles. The molecule has 1 amide bonds. The van der Waals surface area contributed by atoms with Crippen LogP contribution in [0.1, 0.15) is 40.3 Å². The lowest BCUT2D eigenvalue weighted by atomic mass is 10.1. The Kier molecular flexibility index (Phi) is 4.26. The van der Waals surface area contributed by atoms with E-state index in [-0.39, 0.29) is 17.7 Å². The zero-order chi connectivity index (χ0) is 15.6. The summed E-state index contributed by atoms with van der Waals surface area (Å²) in [4.78, 5) is 12.2. The third-order valence-corrected chi connectivity index (χ3v) is 3.28. The van der Waals surface area contributed by atoms with Gasteiger partial charge in [-0.2, -0.15) is 0 Å². The molecule has 1 N–H and O–H groups in total. The van der Waals surface area contributed by atoms with Gasteiger partial charge in [0.15, 0.2) is 11.6 Å². The summed E-state index contributed by atoms with van der Waals surface area (Å²) in [6.45, 7) is 5.15. The van der Waals surface area contributed by atoms with Crippen LogP contribution in [0.5, 0.6) is 5.75 Å². The van der Waals surface area contributed by atoms with Crippen molar-refractivity contribution < 1.29 is 18.4 Å². The molecule has 5 nitrogen and oxygen atoms in total. The predicted molar refractivity (Wildman–Crippen MR) is 74.8 cm³/mol. The van der Waals surface area contributed by atoms with Gasteiger partial charge in [-0.15, -0.1) is 0 Å². The number of rotatable bonds is 4. The van der Waals surface area contributed by atoms with Crippen molar-refractivity contribution in [1.29, 1.82) is 0 Å². The van der Waals surface area contributed by atoms with Crippen LogP contribution in [0.25, 0.3) is 0 Å². The monoisotopic (exact) mass is 292 g/mol. The van der Waals surface area contributed by atoms with Crippen molar-refractivity contribution in [2.24, 2.45) is 0 Å². The second kappa shape index (κ2) is 5.95. The summed E-state index contributed by atoms with van der Waals surface area (Å²) >= 11 is 0. The number of ether oxygens (including phenoxy) is 1. The molecule has 0 radical (unpaired) electrons. The number of benzene rings is 1. The topological polar surface area (TPSA) is 64.4 Å². The molecule has 2 rings (SSSR count). The van der Waals surface area contributed by atoms with E-state index in [1.165, 1.54) is 19.2 Å². The molecular weight excluding hydrogens is 275 g/mol. The Morgan fingerprint density at radius 3 is 2.67 bits per heavy atom. The van der Waals surface area contributed by atoms with Gasteiger partial charge in [0.1, 0.15) is 11.3 Å². The molecule has 0 spiro atoms. The van der Waals surface area contributed by atoms with E-state index in [0.717, 1.165) is 0 Å². The van der Waals surface area contributed by atoms with Crippen LogP contribution in [0.4, 0.5) is 4.39 Å². The lowest BCUT2D eigenvalue weighted by molar-refractivity contribution is 0.0937. The van der Waals surface area contributed by atoms with Crippen molar-refractivity contribution in [3.05, 3.63) is 46.6 Å². The van der Waals surface area contributed by atoms with E-state index >= 15 is 0 Å². The van der Waals surface area contributed by atoms with Crippen LogP contribution in [0, 0.1) is 19.7 Å². The van der Waals surface area contributed by atoms with Gasteiger partial charge < -0.3 is 14.6 Å². The number of hydrogen-bond donors (Lipinski definition) is 1. The van der Waals surface area contributed by atoms with E-state index in [9.17, 15) is 9.18 Å². The second-order valence-corrected chi connectivity index (χ2v) is 4.79. The summed E-state index contributed by atoms with van der Waals surface area (Å²) in [6.07, 6.45) is 0. The third-order valence-electron chi connectivity index (χ3n) is 3.28. The highest BCUT2D eigenvalue weighted by atomic mass is 19.1. The molecule has 1 aromatic heterocycles. The fourth-order valence-electron chi connectivity index (χ4n) is 2.11. The Bertz CT molecular complexity index is 647. The summed E-state index contributed by atoms with van der Waals surface area (Å²) in [5, 5.41) is 6.54.